The number of carbonyl (C=O) groups is 4. The van der Waals surface area contributed by atoms with Gasteiger partial charge in [-0.15, -0.1) is 4.99 Å². The molecule has 0 aliphatic heterocycles. The van der Waals surface area contributed by atoms with Crippen molar-refractivity contribution < 1.29 is 43.2 Å². The second kappa shape index (κ2) is 15.5. The van der Waals surface area contributed by atoms with Crippen molar-refractivity contribution in [1.29, 1.82) is 0 Å². The van der Waals surface area contributed by atoms with E-state index >= 15 is 0 Å². The van der Waals surface area contributed by atoms with E-state index in [1.165, 1.54) is 6.92 Å². The summed E-state index contributed by atoms with van der Waals surface area (Å²) in [5.41, 5.74) is -2.96. The molecule has 0 aromatic heterocycles. The fourth-order valence-electron chi connectivity index (χ4n) is 2.63. The Morgan fingerprint density at radius 2 is 1.36 bits per heavy atom. The molecule has 226 valence electrons. The number of aliphatic hydroxyl groups is 1. The van der Waals surface area contributed by atoms with Gasteiger partial charge >= 0.3 is 24.2 Å². The molecule has 0 heterocycles. The summed E-state index contributed by atoms with van der Waals surface area (Å²) < 4.78 is 20.6. The van der Waals surface area contributed by atoms with Gasteiger partial charge in [0.2, 0.25) is 5.96 Å². The van der Waals surface area contributed by atoms with Gasteiger partial charge in [0.1, 0.15) is 29.8 Å². The van der Waals surface area contributed by atoms with Crippen LogP contribution < -0.4 is 16.0 Å². The first kappa shape index (κ1) is 35.9. The number of amides is 3. The maximum absolute atomic E-state index is 12.6. The number of nitrogens with one attached hydrogen (secondary N) is 3. The van der Waals surface area contributed by atoms with Gasteiger partial charge in [-0.05, 0) is 66.7 Å². The molecule has 0 aliphatic rings. The molecule has 0 aromatic carbocycles. The lowest BCUT2D eigenvalue weighted by atomic mass is 9.91. The van der Waals surface area contributed by atoms with Gasteiger partial charge in [-0.3, -0.25) is 10.1 Å². The Hall–Kier alpha value is -3.09. The van der Waals surface area contributed by atoms with Crippen LogP contribution in [0.2, 0.25) is 0 Å². The van der Waals surface area contributed by atoms with E-state index in [1.54, 1.807) is 41.5 Å². The van der Waals surface area contributed by atoms with Crippen molar-refractivity contribution in [2.75, 3.05) is 32.9 Å². The number of ether oxygens (including phenoxy) is 4. The van der Waals surface area contributed by atoms with E-state index in [4.69, 9.17) is 18.9 Å². The van der Waals surface area contributed by atoms with Crippen LogP contribution in [0.5, 0.6) is 0 Å². The van der Waals surface area contributed by atoms with Gasteiger partial charge in [0.15, 0.2) is 0 Å². The van der Waals surface area contributed by atoms with Crippen molar-refractivity contribution >= 4 is 30.2 Å². The van der Waals surface area contributed by atoms with E-state index in [0.717, 1.165) is 12.8 Å². The van der Waals surface area contributed by atoms with Gasteiger partial charge < -0.3 is 34.7 Å². The molecule has 0 rings (SSSR count). The molecule has 0 radical (unpaired) electrons. The first-order valence-electron chi connectivity index (χ1n) is 12.9. The number of carbonyl (C=O) groups excluding carboxylic acids is 4. The van der Waals surface area contributed by atoms with E-state index in [2.05, 4.69) is 41.7 Å². The Balaban J connectivity index is 4.91. The zero-order valence-corrected chi connectivity index (χ0v) is 25.1. The highest BCUT2D eigenvalue weighted by Crippen LogP contribution is 2.20. The van der Waals surface area contributed by atoms with Crippen LogP contribution >= 0.6 is 0 Å². The van der Waals surface area contributed by atoms with Gasteiger partial charge in [0, 0.05) is 6.54 Å². The molecule has 39 heavy (non-hydrogen) atoms. The number of aliphatic imine (C=N–C) groups is 1. The van der Waals surface area contributed by atoms with Crippen LogP contribution in [0.1, 0.15) is 82.1 Å². The lowest BCUT2D eigenvalue weighted by Crippen LogP contribution is -2.46. The molecule has 13 nitrogen and oxygen atoms in total. The standard InChI is InChI=1S/C26H48N4O9/c1-23(2,3)12-11-13-28-20(33)37-17-26(10,16-31)18(32)36-15-14-27-19(29-21(34)38-24(4,5)6)30-22(35)39-25(7,8)9/h31H,11-17H2,1-10H3,(H,28,33)(H2,27,29,30,34,35). The molecule has 0 saturated heterocycles. The molecule has 0 bridgehead atoms. The third kappa shape index (κ3) is 18.7. The Morgan fingerprint density at radius 1 is 0.769 bits per heavy atom. The normalized spacial score (nSPS) is 14.0. The first-order chi connectivity index (χ1) is 17.7. The van der Waals surface area contributed by atoms with Crippen LogP contribution in [0.3, 0.4) is 0 Å². The topological polar surface area (TPSA) is 174 Å². The molecule has 13 heteroatoms. The number of hydrogen-bond acceptors (Lipinski definition) is 9. The summed E-state index contributed by atoms with van der Waals surface area (Å²) in [5.74, 6) is -1.08. The van der Waals surface area contributed by atoms with E-state index in [1.807, 2.05) is 0 Å². The maximum Gasteiger partial charge on any atom is 0.437 e. The Labute approximate surface area is 231 Å². The summed E-state index contributed by atoms with van der Waals surface area (Å²) in [6, 6.07) is 0. The monoisotopic (exact) mass is 560 g/mol. The summed E-state index contributed by atoms with van der Waals surface area (Å²) in [4.78, 5) is 52.5. The average molecular weight is 561 g/mol. The molecule has 4 N–H and O–H groups in total. The minimum absolute atomic E-state index is 0.0696. The molecule has 0 spiro atoms. The minimum Gasteiger partial charge on any atom is -0.463 e. The molecule has 0 aliphatic carbocycles. The number of esters is 1. The molecule has 0 saturated carbocycles. The molecule has 1 atom stereocenters. The van der Waals surface area contributed by atoms with Crippen LogP contribution in [0.4, 0.5) is 14.4 Å². The molecular formula is C26H48N4O9. The van der Waals surface area contributed by atoms with Gasteiger partial charge in [-0.25, -0.2) is 14.4 Å². The van der Waals surface area contributed by atoms with E-state index in [9.17, 15) is 24.3 Å². The van der Waals surface area contributed by atoms with Crippen LogP contribution in [-0.4, -0.2) is 79.4 Å². The summed E-state index contributed by atoms with van der Waals surface area (Å²) >= 11 is 0. The Bertz CT molecular complexity index is 855. The van der Waals surface area contributed by atoms with Crippen molar-refractivity contribution in [3.63, 3.8) is 0 Å². The number of nitrogens with zero attached hydrogens (tertiary/aromatic N) is 1. The van der Waals surface area contributed by atoms with Crippen molar-refractivity contribution in [2.45, 2.75) is 93.3 Å². The lowest BCUT2D eigenvalue weighted by Gasteiger charge is -2.25. The van der Waals surface area contributed by atoms with Gasteiger partial charge in [0.25, 0.3) is 0 Å². The molecular weight excluding hydrogens is 512 g/mol. The quantitative estimate of drug-likeness (QED) is 0.102. The minimum atomic E-state index is -1.50. The highest BCUT2D eigenvalue weighted by Gasteiger charge is 2.36. The predicted octanol–water partition coefficient (Wildman–Crippen LogP) is 3.49. The Kier molecular flexibility index (Phi) is 14.3. The molecule has 0 aromatic rings. The van der Waals surface area contributed by atoms with Crippen LogP contribution in [0.25, 0.3) is 0 Å². The third-order valence-electron chi connectivity index (χ3n) is 4.58. The predicted molar refractivity (Wildman–Crippen MR) is 145 cm³/mol. The highest BCUT2D eigenvalue weighted by atomic mass is 16.6. The van der Waals surface area contributed by atoms with E-state index in [-0.39, 0.29) is 24.5 Å². The van der Waals surface area contributed by atoms with Crippen LogP contribution in [0, 0.1) is 10.8 Å². The Morgan fingerprint density at radius 3 is 1.87 bits per heavy atom. The number of alkyl carbamates (subject to hydrolysis) is 2. The smallest absolute Gasteiger partial charge is 0.437 e. The molecule has 1 unspecified atom stereocenters. The van der Waals surface area contributed by atoms with Gasteiger partial charge in [-0.2, -0.15) is 0 Å². The third-order valence-corrected chi connectivity index (χ3v) is 4.58. The van der Waals surface area contributed by atoms with Crippen molar-refractivity contribution in [3.8, 4) is 0 Å². The molecule has 3 amide bonds. The largest absolute Gasteiger partial charge is 0.463 e. The van der Waals surface area contributed by atoms with Crippen LogP contribution in [-0.2, 0) is 23.7 Å². The van der Waals surface area contributed by atoms with Crippen molar-refractivity contribution in [2.24, 2.45) is 15.8 Å². The fourth-order valence-corrected chi connectivity index (χ4v) is 2.63. The number of aliphatic hydroxyl groups excluding tert-OH is 1. The van der Waals surface area contributed by atoms with Gasteiger partial charge in [-0.1, -0.05) is 20.8 Å². The number of rotatable bonds is 10. The maximum atomic E-state index is 12.6. The zero-order chi connectivity index (χ0) is 30.5. The number of guanidine groups is 1. The first-order valence-corrected chi connectivity index (χ1v) is 12.9. The SMILES string of the molecule is CC(C)(C)CCCNC(=O)OCC(C)(CO)C(=O)OCCN/C(=N\C(=O)OC(C)(C)C)NC(=O)OC(C)(C)C. The average Bonchev–Trinajstić information content (AvgIpc) is 2.74. The van der Waals surface area contributed by atoms with Crippen molar-refractivity contribution in [3.05, 3.63) is 0 Å². The summed E-state index contributed by atoms with van der Waals surface area (Å²) in [6.07, 6.45) is -0.836. The lowest BCUT2D eigenvalue weighted by molar-refractivity contribution is -0.159. The second-order valence-corrected chi connectivity index (χ2v) is 12.5. The zero-order valence-electron chi connectivity index (χ0n) is 25.1. The molecule has 0 fully saturated rings. The van der Waals surface area contributed by atoms with Gasteiger partial charge in [0.05, 0.1) is 13.2 Å². The highest BCUT2D eigenvalue weighted by molar-refractivity contribution is 5.98. The summed E-state index contributed by atoms with van der Waals surface area (Å²) in [6.45, 7) is 16.8. The van der Waals surface area contributed by atoms with E-state index < -0.39 is 54.1 Å². The second-order valence-electron chi connectivity index (χ2n) is 12.5. The van der Waals surface area contributed by atoms with E-state index in [0.29, 0.717) is 6.54 Å². The summed E-state index contributed by atoms with van der Waals surface area (Å²) in [7, 11) is 0. The summed E-state index contributed by atoms with van der Waals surface area (Å²) in [5, 5.41) is 17.3. The van der Waals surface area contributed by atoms with Crippen LogP contribution in [0.15, 0.2) is 4.99 Å². The van der Waals surface area contributed by atoms with Crippen molar-refractivity contribution in [1.82, 2.24) is 16.0 Å². The number of hydrogen-bond donors (Lipinski definition) is 4. The fraction of sp³-hybridized carbons (Fsp3) is 0.808.